The third kappa shape index (κ3) is 4.71. The molecule has 0 aliphatic heterocycles. The van der Waals surface area contributed by atoms with E-state index in [-0.39, 0.29) is 19.1 Å². The van der Waals surface area contributed by atoms with Gasteiger partial charge in [0.2, 0.25) is 5.91 Å². The second-order valence-electron chi connectivity index (χ2n) is 3.77. The lowest BCUT2D eigenvalue weighted by Crippen LogP contribution is -2.32. The summed E-state index contributed by atoms with van der Waals surface area (Å²) in [6.07, 6.45) is 4.55. The average molecular weight is 300 g/mol. The summed E-state index contributed by atoms with van der Waals surface area (Å²) in [5, 5.41) is 9.85. The van der Waals surface area contributed by atoms with Gasteiger partial charge in [0.15, 0.2) is 0 Å². The molecule has 1 N–H and O–H groups in total. The van der Waals surface area contributed by atoms with E-state index in [0.717, 1.165) is 0 Å². The highest BCUT2D eigenvalue weighted by Gasteiger charge is 2.08. The van der Waals surface area contributed by atoms with Crippen molar-refractivity contribution in [3.8, 4) is 0 Å². The molecule has 0 aromatic heterocycles. The number of rotatable bonds is 6. The molecule has 0 fully saturated rings. The van der Waals surface area contributed by atoms with Crippen molar-refractivity contribution in [2.45, 2.75) is 0 Å². The predicted molar refractivity (Wildman–Crippen MR) is 79.4 cm³/mol. The highest BCUT2D eigenvalue weighted by atomic mass is 35.5. The van der Waals surface area contributed by atoms with Crippen molar-refractivity contribution >= 4 is 35.2 Å². The molecule has 0 spiro atoms. The molecular formula is C14H15Cl2NO2. The van der Waals surface area contributed by atoms with Gasteiger partial charge in [0.1, 0.15) is 0 Å². The molecule has 0 saturated heterocycles. The van der Waals surface area contributed by atoms with E-state index in [9.17, 15) is 4.79 Å². The molecular weight excluding hydrogens is 285 g/mol. The van der Waals surface area contributed by atoms with Crippen LogP contribution in [-0.4, -0.2) is 35.6 Å². The van der Waals surface area contributed by atoms with E-state index in [2.05, 4.69) is 6.58 Å². The van der Waals surface area contributed by atoms with Gasteiger partial charge in [-0.25, -0.2) is 0 Å². The molecule has 19 heavy (non-hydrogen) atoms. The number of carbonyl (C=O) groups excluding carboxylic acids is 1. The van der Waals surface area contributed by atoms with E-state index in [0.29, 0.717) is 22.2 Å². The maximum absolute atomic E-state index is 11.9. The van der Waals surface area contributed by atoms with Crippen molar-refractivity contribution in [3.05, 3.63) is 52.5 Å². The normalized spacial score (nSPS) is 10.7. The van der Waals surface area contributed by atoms with E-state index in [1.165, 1.54) is 11.0 Å². The topological polar surface area (TPSA) is 40.5 Å². The first-order chi connectivity index (χ1) is 9.10. The van der Waals surface area contributed by atoms with Crippen LogP contribution in [0.5, 0.6) is 0 Å². The number of carbonyl (C=O) groups is 1. The molecule has 0 atom stereocenters. The molecule has 1 aromatic carbocycles. The first-order valence-electron chi connectivity index (χ1n) is 5.73. The number of aliphatic hydroxyl groups is 1. The fourth-order valence-corrected chi connectivity index (χ4v) is 2.02. The SMILES string of the molecule is C=CCN(CCO)C(=O)/C=C/c1c(Cl)cccc1Cl. The molecule has 1 rings (SSSR count). The predicted octanol–water partition coefficient (Wildman–Crippen LogP) is 3.01. The van der Waals surface area contributed by atoms with Gasteiger partial charge in [-0.1, -0.05) is 35.3 Å². The number of halogens is 2. The zero-order valence-corrected chi connectivity index (χ0v) is 11.9. The van der Waals surface area contributed by atoms with Crippen molar-refractivity contribution in [1.82, 2.24) is 4.90 Å². The first kappa shape index (κ1) is 15.8. The Morgan fingerprint density at radius 1 is 1.37 bits per heavy atom. The van der Waals surface area contributed by atoms with E-state index in [4.69, 9.17) is 28.3 Å². The lowest BCUT2D eigenvalue weighted by molar-refractivity contribution is -0.125. The van der Waals surface area contributed by atoms with Crippen LogP contribution in [0.1, 0.15) is 5.56 Å². The summed E-state index contributed by atoms with van der Waals surface area (Å²) in [4.78, 5) is 13.4. The fourth-order valence-electron chi connectivity index (χ4n) is 1.50. The number of hydrogen-bond acceptors (Lipinski definition) is 2. The smallest absolute Gasteiger partial charge is 0.246 e. The minimum Gasteiger partial charge on any atom is -0.395 e. The van der Waals surface area contributed by atoms with E-state index in [1.54, 1.807) is 30.4 Å². The molecule has 1 amide bonds. The highest BCUT2D eigenvalue weighted by Crippen LogP contribution is 2.25. The second kappa shape index (κ2) is 8.00. The van der Waals surface area contributed by atoms with Crippen molar-refractivity contribution in [2.75, 3.05) is 19.7 Å². The van der Waals surface area contributed by atoms with Crippen LogP contribution in [0.2, 0.25) is 10.0 Å². The molecule has 102 valence electrons. The maximum Gasteiger partial charge on any atom is 0.246 e. The van der Waals surface area contributed by atoms with Crippen LogP contribution in [0.4, 0.5) is 0 Å². The number of hydrogen-bond donors (Lipinski definition) is 1. The molecule has 0 aliphatic rings. The number of nitrogens with zero attached hydrogens (tertiary/aromatic N) is 1. The zero-order chi connectivity index (χ0) is 14.3. The number of amides is 1. The Bertz CT molecular complexity index is 466. The molecule has 1 aromatic rings. The number of benzene rings is 1. The molecule has 0 radical (unpaired) electrons. The Morgan fingerprint density at radius 3 is 2.53 bits per heavy atom. The lowest BCUT2D eigenvalue weighted by atomic mass is 10.2. The average Bonchev–Trinajstić information content (AvgIpc) is 2.37. The molecule has 5 heteroatoms. The van der Waals surface area contributed by atoms with Crippen LogP contribution in [0.25, 0.3) is 6.08 Å². The van der Waals surface area contributed by atoms with Gasteiger partial charge in [-0.05, 0) is 18.2 Å². The first-order valence-corrected chi connectivity index (χ1v) is 6.48. The quantitative estimate of drug-likeness (QED) is 0.648. The van der Waals surface area contributed by atoms with Crippen LogP contribution in [0, 0.1) is 0 Å². The van der Waals surface area contributed by atoms with Gasteiger partial charge < -0.3 is 10.0 Å². The Balaban J connectivity index is 2.85. The summed E-state index contributed by atoms with van der Waals surface area (Å²) in [7, 11) is 0. The summed E-state index contributed by atoms with van der Waals surface area (Å²) in [5.74, 6) is -0.232. The molecule has 0 unspecified atom stereocenters. The minimum atomic E-state index is -0.232. The third-order valence-corrected chi connectivity index (χ3v) is 3.08. The Labute approximate surface area is 122 Å². The standard InChI is InChI=1S/C14H15Cl2NO2/c1-2-8-17(9-10-18)14(19)7-6-11-12(15)4-3-5-13(11)16/h2-7,18H,1,8-10H2/b7-6+. The number of aliphatic hydroxyl groups excluding tert-OH is 1. The molecule has 0 saturated carbocycles. The Kier molecular flexibility index (Phi) is 6.64. The molecule has 0 aliphatic carbocycles. The van der Waals surface area contributed by atoms with Crippen molar-refractivity contribution in [3.63, 3.8) is 0 Å². The minimum absolute atomic E-state index is 0.0970. The van der Waals surface area contributed by atoms with Crippen molar-refractivity contribution < 1.29 is 9.90 Å². The van der Waals surface area contributed by atoms with Gasteiger partial charge in [-0.15, -0.1) is 6.58 Å². The summed E-state index contributed by atoms with van der Waals surface area (Å²) >= 11 is 12.0. The van der Waals surface area contributed by atoms with Crippen LogP contribution >= 0.6 is 23.2 Å². The second-order valence-corrected chi connectivity index (χ2v) is 4.58. The Hall–Kier alpha value is -1.29. The van der Waals surface area contributed by atoms with E-state index in [1.807, 2.05) is 0 Å². The van der Waals surface area contributed by atoms with Crippen molar-refractivity contribution in [1.29, 1.82) is 0 Å². The summed E-state index contributed by atoms with van der Waals surface area (Å²) in [6.45, 7) is 4.10. The van der Waals surface area contributed by atoms with Gasteiger partial charge in [0.25, 0.3) is 0 Å². The summed E-state index contributed by atoms with van der Waals surface area (Å²) < 4.78 is 0. The van der Waals surface area contributed by atoms with E-state index < -0.39 is 0 Å². The van der Waals surface area contributed by atoms with Crippen LogP contribution in [0.3, 0.4) is 0 Å². The highest BCUT2D eigenvalue weighted by molar-refractivity contribution is 6.37. The molecule has 3 nitrogen and oxygen atoms in total. The monoisotopic (exact) mass is 299 g/mol. The van der Waals surface area contributed by atoms with Crippen molar-refractivity contribution in [2.24, 2.45) is 0 Å². The fraction of sp³-hybridized carbons (Fsp3) is 0.214. The summed E-state index contributed by atoms with van der Waals surface area (Å²) in [5.41, 5.74) is 0.599. The van der Waals surface area contributed by atoms with Crippen LogP contribution in [-0.2, 0) is 4.79 Å². The van der Waals surface area contributed by atoms with Crippen LogP contribution in [0.15, 0.2) is 36.9 Å². The maximum atomic E-state index is 11.9. The lowest BCUT2D eigenvalue weighted by Gasteiger charge is -2.17. The summed E-state index contributed by atoms with van der Waals surface area (Å²) in [6, 6.07) is 5.14. The van der Waals surface area contributed by atoms with Gasteiger partial charge >= 0.3 is 0 Å². The molecule has 0 bridgehead atoms. The van der Waals surface area contributed by atoms with E-state index >= 15 is 0 Å². The van der Waals surface area contributed by atoms with Gasteiger partial charge in [-0.3, -0.25) is 4.79 Å². The van der Waals surface area contributed by atoms with Gasteiger partial charge in [0.05, 0.1) is 6.61 Å². The largest absolute Gasteiger partial charge is 0.395 e. The Morgan fingerprint density at radius 2 is 2.00 bits per heavy atom. The molecule has 0 heterocycles. The van der Waals surface area contributed by atoms with Gasteiger partial charge in [0, 0.05) is 34.8 Å². The zero-order valence-electron chi connectivity index (χ0n) is 10.4. The van der Waals surface area contributed by atoms with Gasteiger partial charge in [-0.2, -0.15) is 0 Å². The van der Waals surface area contributed by atoms with Crippen LogP contribution < -0.4 is 0 Å². The third-order valence-electron chi connectivity index (χ3n) is 2.42.